The van der Waals surface area contributed by atoms with Gasteiger partial charge in [0.15, 0.2) is 17.5 Å². The zero-order valence-corrected chi connectivity index (χ0v) is 25.8. The van der Waals surface area contributed by atoms with Crippen LogP contribution < -0.4 is 22.6 Å². The second kappa shape index (κ2) is 16.6. The normalized spacial score (nSPS) is 12.1. The van der Waals surface area contributed by atoms with Gasteiger partial charge in [0.2, 0.25) is 0 Å². The fourth-order valence-electron chi connectivity index (χ4n) is 2.24. The van der Waals surface area contributed by atoms with Crippen LogP contribution in [0.1, 0.15) is 90.6 Å². The molecule has 4 N–H and O–H groups in total. The van der Waals surface area contributed by atoms with Gasteiger partial charge in [0.05, 0.1) is 6.54 Å². The minimum Gasteiger partial charge on any atom is -0.346 e. The van der Waals surface area contributed by atoms with Gasteiger partial charge >= 0.3 is 17.3 Å². The van der Waals surface area contributed by atoms with Crippen LogP contribution in [0.25, 0.3) is 0 Å². The van der Waals surface area contributed by atoms with E-state index in [9.17, 15) is 14.4 Å². The Morgan fingerprint density at radius 3 is 1.08 bits per heavy atom. The van der Waals surface area contributed by atoms with Gasteiger partial charge in [-0.05, 0) is 0 Å². The third-order valence-electron chi connectivity index (χ3n) is 4.30. The number of hydrogen-bond acceptors (Lipinski definition) is 11. The molecule has 1 aliphatic heterocycles. The minimum absolute atomic E-state index is 0. The minimum atomic E-state index is -0.487. The molecule has 0 bridgehead atoms. The van der Waals surface area contributed by atoms with E-state index in [1.165, 1.54) is 0 Å². The predicted octanol–water partition coefficient (Wildman–Crippen LogP) is 2.24. The molecule has 0 fully saturated rings. The first-order valence-electron chi connectivity index (χ1n) is 11.5. The van der Waals surface area contributed by atoms with Crippen LogP contribution >= 0.6 is 0 Å². The summed E-state index contributed by atoms with van der Waals surface area (Å²) in [6.45, 7) is 20.3. The van der Waals surface area contributed by atoms with Crippen molar-refractivity contribution >= 4 is 31.7 Å². The summed E-state index contributed by atoms with van der Waals surface area (Å²) in [7, 11) is 0. The Bertz CT molecular complexity index is 1130. The number of amidine groups is 1. The van der Waals surface area contributed by atoms with E-state index in [1.54, 1.807) is 0 Å². The first-order valence-corrected chi connectivity index (χ1v) is 11.5. The summed E-state index contributed by atoms with van der Waals surface area (Å²) in [5.74, 6) is 2.56. The van der Waals surface area contributed by atoms with Gasteiger partial charge in [-0.25, -0.2) is 14.4 Å². The zero-order chi connectivity index (χ0) is 27.4. The van der Waals surface area contributed by atoms with Gasteiger partial charge in [-0.15, -0.1) is 0 Å². The summed E-state index contributed by atoms with van der Waals surface area (Å²) < 4.78 is 12.8. The SMILES string of the molecule is C=C1CN=C(C(C)C)N1.CC(C)c1noc(=O)[nH]1.CC(C)c1noc(=O)[nH]1.CC(C)c1noc(=O)[nH]1.[In]. The van der Waals surface area contributed by atoms with Gasteiger partial charge in [-0.3, -0.25) is 33.5 Å². The molecule has 15 heteroatoms. The second-order valence-electron chi connectivity index (χ2n) is 8.99. The number of hydrogen-bond donors (Lipinski definition) is 4. The van der Waals surface area contributed by atoms with Gasteiger partial charge in [-0.2, -0.15) is 0 Å². The van der Waals surface area contributed by atoms with Gasteiger partial charge in [-0.1, -0.05) is 77.4 Å². The molecule has 0 aliphatic carbocycles. The third kappa shape index (κ3) is 13.1. The zero-order valence-electron chi connectivity index (χ0n) is 22.5. The van der Waals surface area contributed by atoms with Crippen molar-refractivity contribution in [2.75, 3.05) is 6.54 Å². The first-order chi connectivity index (χ1) is 16.8. The molecule has 4 rings (SSSR count). The maximum Gasteiger partial charge on any atom is 0.438 e. The summed E-state index contributed by atoms with van der Waals surface area (Å²) >= 11 is 0. The van der Waals surface area contributed by atoms with E-state index >= 15 is 0 Å². The van der Waals surface area contributed by atoms with Gasteiger partial charge < -0.3 is 5.32 Å². The summed E-state index contributed by atoms with van der Waals surface area (Å²) in [6, 6.07) is 0. The Kier molecular flexibility index (Phi) is 15.2. The van der Waals surface area contributed by atoms with E-state index in [1.807, 2.05) is 41.5 Å². The van der Waals surface area contributed by atoms with Crippen LogP contribution in [-0.4, -0.2) is 68.6 Å². The van der Waals surface area contributed by atoms with Gasteiger partial charge in [0.1, 0.15) is 5.84 Å². The van der Waals surface area contributed by atoms with Crippen LogP contribution in [0.2, 0.25) is 0 Å². The van der Waals surface area contributed by atoms with Crippen LogP contribution in [0.15, 0.2) is 45.2 Å². The van der Waals surface area contributed by atoms with Crippen molar-refractivity contribution in [3.8, 4) is 0 Å². The molecule has 0 saturated heterocycles. The molecule has 14 nitrogen and oxygen atoms in total. The maximum absolute atomic E-state index is 10.3. The van der Waals surface area contributed by atoms with Crippen LogP contribution in [0.5, 0.6) is 0 Å². The molecule has 37 heavy (non-hydrogen) atoms. The number of aromatic amines is 3. The quantitative estimate of drug-likeness (QED) is 0.334. The van der Waals surface area contributed by atoms with Crippen molar-refractivity contribution in [3.05, 3.63) is 61.4 Å². The largest absolute Gasteiger partial charge is 0.438 e. The summed E-state index contributed by atoms with van der Waals surface area (Å²) in [5.41, 5.74) is 1.01. The molecule has 3 aromatic rings. The average Bonchev–Trinajstić information content (AvgIpc) is 3.58. The molecular weight excluding hydrogens is 587 g/mol. The predicted molar refractivity (Wildman–Crippen MR) is 139 cm³/mol. The fourth-order valence-corrected chi connectivity index (χ4v) is 2.24. The van der Waals surface area contributed by atoms with Crippen molar-refractivity contribution in [1.82, 2.24) is 35.7 Å². The number of H-pyrrole nitrogens is 3. The van der Waals surface area contributed by atoms with E-state index < -0.39 is 17.3 Å². The number of rotatable bonds is 4. The molecule has 4 heterocycles. The number of nitrogens with zero attached hydrogens (tertiary/aromatic N) is 4. The molecule has 0 spiro atoms. The van der Waals surface area contributed by atoms with Crippen LogP contribution in [-0.2, 0) is 0 Å². The molecule has 3 radical (unpaired) electrons. The van der Waals surface area contributed by atoms with Gasteiger partial charge in [0, 0.05) is 55.2 Å². The van der Waals surface area contributed by atoms with Crippen molar-refractivity contribution in [2.45, 2.75) is 73.1 Å². The van der Waals surface area contributed by atoms with Crippen molar-refractivity contribution in [3.63, 3.8) is 0 Å². The Morgan fingerprint density at radius 2 is 0.973 bits per heavy atom. The second-order valence-corrected chi connectivity index (χ2v) is 8.99. The standard InChI is InChI=1S/C7H12N2.3C5H8N2O2.In/c1-5(2)7-8-4-6(3)9-7;3*1-3(2)4-6-5(8)9-7-4;/h5H,3-4H2,1-2H3,(H,8,9);3*3H,1-2H3,(H,6,7,8);. The van der Waals surface area contributed by atoms with E-state index in [4.69, 9.17) is 0 Å². The number of nitrogens with one attached hydrogen (secondary N) is 4. The van der Waals surface area contributed by atoms with Crippen molar-refractivity contribution in [2.24, 2.45) is 10.9 Å². The summed E-state index contributed by atoms with van der Waals surface area (Å²) in [4.78, 5) is 42.5. The van der Waals surface area contributed by atoms with Crippen molar-refractivity contribution < 1.29 is 13.6 Å². The molecule has 0 atom stereocenters. The number of aromatic nitrogens is 6. The topological polar surface area (TPSA) is 201 Å². The molecule has 0 aromatic carbocycles. The van der Waals surface area contributed by atoms with Crippen molar-refractivity contribution in [1.29, 1.82) is 0 Å². The van der Waals surface area contributed by atoms with Crippen LogP contribution in [0, 0.1) is 5.92 Å². The molecule has 1 aliphatic rings. The molecule has 203 valence electrons. The van der Waals surface area contributed by atoms with E-state index in [-0.39, 0.29) is 43.6 Å². The molecule has 0 saturated carbocycles. The number of aliphatic imine (C=N–C) groups is 1. The first kappa shape index (κ1) is 33.9. The monoisotopic (exact) mass is 623 g/mol. The van der Waals surface area contributed by atoms with Gasteiger partial charge in [0.25, 0.3) is 0 Å². The van der Waals surface area contributed by atoms with Crippen LogP contribution in [0.3, 0.4) is 0 Å². The Hall–Kier alpha value is -3.10. The average molecular weight is 623 g/mol. The third-order valence-corrected chi connectivity index (χ3v) is 4.30. The smallest absolute Gasteiger partial charge is 0.346 e. The maximum atomic E-state index is 10.3. The van der Waals surface area contributed by atoms with E-state index in [2.05, 4.69) is 74.7 Å². The Balaban J connectivity index is 0.000000463. The van der Waals surface area contributed by atoms with E-state index in [0.29, 0.717) is 23.4 Å². The molecular formula is C22H36InN8O6. The Morgan fingerprint density at radius 1 is 0.649 bits per heavy atom. The molecule has 0 amide bonds. The molecule has 3 aromatic heterocycles. The van der Waals surface area contributed by atoms with Crippen LogP contribution in [0.4, 0.5) is 0 Å². The Labute approximate surface area is 232 Å². The summed E-state index contributed by atoms with van der Waals surface area (Å²) in [6.07, 6.45) is 0. The van der Waals surface area contributed by atoms with E-state index in [0.717, 1.165) is 18.1 Å². The molecule has 0 unspecified atom stereocenters. The summed E-state index contributed by atoms with van der Waals surface area (Å²) in [5, 5.41) is 13.5. The fraction of sp³-hybridized carbons (Fsp3) is 0.591.